The second-order valence-electron chi connectivity index (χ2n) is 12.9. The molecular weight excluding hydrogens is 609 g/mol. The fourth-order valence-electron chi connectivity index (χ4n) is 6.70. The highest BCUT2D eigenvalue weighted by Crippen LogP contribution is 2.57. The first-order valence-corrected chi connectivity index (χ1v) is 16.0. The highest BCUT2D eigenvalue weighted by atomic mass is 19.1. The molecule has 47 heavy (non-hydrogen) atoms. The molecule has 1 aromatic carbocycles. The van der Waals surface area contributed by atoms with Crippen molar-refractivity contribution in [3.8, 4) is 5.88 Å². The fourth-order valence-corrected chi connectivity index (χ4v) is 6.70. The first kappa shape index (κ1) is 32.3. The number of aliphatic carboxylic acids is 1. The molecule has 3 aromatic rings. The van der Waals surface area contributed by atoms with Crippen LogP contribution in [0.4, 0.5) is 4.39 Å². The van der Waals surface area contributed by atoms with Crippen LogP contribution >= 0.6 is 0 Å². The molecule has 2 amide bonds. The van der Waals surface area contributed by atoms with Crippen LogP contribution in [0.5, 0.6) is 5.88 Å². The molecule has 0 radical (unpaired) electrons. The normalized spacial score (nSPS) is 27.4. The minimum atomic E-state index is -1.22. The smallest absolute Gasteiger partial charge is 0.310 e. The number of hydrogen-bond donors (Lipinski definition) is 2. The maximum Gasteiger partial charge on any atom is 0.310 e. The predicted octanol–water partition coefficient (Wildman–Crippen LogP) is 4.40. The number of Topliss-reactive ketones (excluding diaryl/α,β-unsaturated/α-hetero) is 1. The number of amides is 2. The molecule has 5 atom stereocenters. The van der Waals surface area contributed by atoms with Crippen molar-refractivity contribution in [2.75, 3.05) is 6.54 Å². The number of aromatic nitrogens is 3. The lowest BCUT2D eigenvalue weighted by Crippen LogP contribution is -2.52. The molecule has 1 saturated heterocycles. The molecule has 1 aliphatic carbocycles. The van der Waals surface area contributed by atoms with E-state index in [9.17, 15) is 28.7 Å². The van der Waals surface area contributed by atoms with E-state index in [1.54, 1.807) is 20.8 Å². The molecule has 2 N–H and O–H groups in total. The minimum absolute atomic E-state index is 0.00455. The summed E-state index contributed by atoms with van der Waals surface area (Å²) in [4.78, 5) is 64.4. The summed E-state index contributed by atoms with van der Waals surface area (Å²) in [5, 5.41) is 16.9. The standard InChI is InChI=1S/C34H38FN5O7/c1-18-20(3)47-39-29(18)30(42)37-25-10-8-6-4-5-7-9-21-15-34(21,33(44)45)16-28(41)27-14-23(17-40(27)32(25)43)46-31-19(2)36-24-12-11-22(35)13-26(24)38-31/h7,9,11-13,21,23,25,27H,4-6,8,10,14-17H2,1-3H3,(H,37,42)(H,44,45)/b9-7-/t21-,23-,25+,27+,34-/m1/s1. The number of rotatable bonds is 5. The molecule has 2 fully saturated rings. The average Bonchev–Trinajstić information content (AvgIpc) is 3.38. The van der Waals surface area contributed by atoms with Crippen LogP contribution in [0, 0.1) is 37.9 Å². The summed E-state index contributed by atoms with van der Waals surface area (Å²) in [5.74, 6) is -2.55. The van der Waals surface area contributed by atoms with Crippen molar-refractivity contribution < 1.29 is 37.9 Å². The number of hydrogen-bond acceptors (Lipinski definition) is 9. The van der Waals surface area contributed by atoms with E-state index in [0.717, 1.165) is 19.3 Å². The van der Waals surface area contributed by atoms with Crippen LogP contribution in [-0.4, -0.2) is 73.4 Å². The molecule has 2 aromatic heterocycles. The number of fused-ring (bicyclic) bond motifs is 3. The van der Waals surface area contributed by atoms with E-state index in [2.05, 4.69) is 20.4 Å². The van der Waals surface area contributed by atoms with Crippen LogP contribution in [0.2, 0.25) is 0 Å². The van der Waals surface area contributed by atoms with Gasteiger partial charge in [0.15, 0.2) is 11.5 Å². The minimum Gasteiger partial charge on any atom is -0.481 e. The molecule has 0 unspecified atom stereocenters. The Bertz CT molecular complexity index is 1770. The van der Waals surface area contributed by atoms with Gasteiger partial charge in [-0.05, 0) is 64.5 Å². The summed E-state index contributed by atoms with van der Waals surface area (Å²) >= 11 is 0. The quantitative estimate of drug-likeness (QED) is 0.379. The van der Waals surface area contributed by atoms with Gasteiger partial charge in [-0.25, -0.2) is 14.4 Å². The summed E-state index contributed by atoms with van der Waals surface area (Å²) in [6.45, 7) is 5.09. The predicted molar refractivity (Wildman–Crippen MR) is 166 cm³/mol. The van der Waals surface area contributed by atoms with Crippen molar-refractivity contribution in [1.82, 2.24) is 25.3 Å². The van der Waals surface area contributed by atoms with Crippen molar-refractivity contribution >= 4 is 34.6 Å². The maximum absolute atomic E-state index is 14.3. The van der Waals surface area contributed by atoms with Crippen LogP contribution in [-0.2, 0) is 14.4 Å². The summed E-state index contributed by atoms with van der Waals surface area (Å²) in [6, 6.07) is 2.10. The number of carbonyl (C=O) groups excluding carboxylic acids is 3. The van der Waals surface area contributed by atoms with Gasteiger partial charge in [-0.15, -0.1) is 0 Å². The maximum atomic E-state index is 14.3. The number of carboxylic acids is 1. The zero-order valence-corrected chi connectivity index (χ0v) is 26.6. The number of carbonyl (C=O) groups is 4. The van der Waals surface area contributed by atoms with E-state index >= 15 is 0 Å². The Hall–Kier alpha value is -4.68. The van der Waals surface area contributed by atoms with Crippen LogP contribution in [0.3, 0.4) is 0 Å². The Morgan fingerprint density at radius 1 is 1.13 bits per heavy atom. The third-order valence-electron chi connectivity index (χ3n) is 9.71. The lowest BCUT2D eigenvalue weighted by molar-refractivity contribution is -0.147. The van der Waals surface area contributed by atoms with Gasteiger partial charge < -0.3 is 24.6 Å². The number of ether oxygens (including phenoxy) is 1. The molecule has 2 aliphatic heterocycles. The van der Waals surface area contributed by atoms with Crippen LogP contribution in [0.15, 0.2) is 34.9 Å². The number of allylic oxidation sites excluding steroid dienone is 2. The molecule has 6 rings (SSSR count). The number of ketones is 1. The number of aryl methyl sites for hydroxylation is 2. The largest absolute Gasteiger partial charge is 0.481 e. The zero-order chi connectivity index (χ0) is 33.5. The van der Waals surface area contributed by atoms with Gasteiger partial charge in [-0.1, -0.05) is 30.2 Å². The van der Waals surface area contributed by atoms with Gasteiger partial charge in [-0.2, -0.15) is 0 Å². The van der Waals surface area contributed by atoms with Gasteiger partial charge in [0.05, 0.1) is 29.0 Å². The number of nitrogens with zero attached hydrogens (tertiary/aromatic N) is 4. The van der Waals surface area contributed by atoms with Crippen LogP contribution in [0.25, 0.3) is 11.0 Å². The Balaban J connectivity index is 1.31. The second kappa shape index (κ2) is 12.8. The number of nitrogens with one attached hydrogen (secondary N) is 1. The summed E-state index contributed by atoms with van der Waals surface area (Å²) in [6.07, 6.45) is 6.72. The van der Waals surface area contributed by atoms with Gasteiger partial charge in [0.1, 0.15) is 29.4 Å². The van der Waals surface area contributed by atoms with E-state index in [0.29, 0.717) is 47.3 Å². The molecule has 4 heterocycles. The highest BCUT2D eigenvalue weighted by Gasteiger charge is 2.61. The third-order valence-corrected chi connectivity index (χ3v) is 9.71. The van der Waals surface area contributed by atoms with Crippen molar-refractivity contribution in [2.45, 2.75) is 90.3 Å². The monoisotopic (exact) mass is 647 g/mol. The number of benzene rings is 1. The second-order valence-corrected chi connectivity index (χ2v) is 12.9. The van der Waals surface area contributed by atoms with E-state index < -0.39 is 47.2 Å². The average molecular weight is 648 g/mol. The molecule has 3 aliphatic rings. The Kier molecular flexibility index (Phi) is 8.82. The molecule has 1 saturated carbocycles. The van der Waals surface area contributed by atoms with Crippen molar-refractivity contribution in [1.29, 1.82) is 0 Å². The van der Waals surface area contributed by atoms with Crippen molar-refractivity contribution in [2.24, 2.45) is 11.3 Å². The van der Waals surface area contributed by atoms with Gasteiger partial charge in [-0.3, -0.25) is 19.2 Å². The van der Waals surface area contributed by atoms with E-state index in [1.165, 1.54) is 23.1 Å². The molecular formula is C34H38FN5O7. The summed E-state index contributed by atoms with van der Waals surface area (Å²) in [5.41, 5.74) is 0.656. The van der Waals surface area contributed by atoms with Crippen molar-refractivity contribution in [3.05, 3.63) is 58.9 Å². The number of carboxylic acid groups (broad SMARTS) is 1. The first-order valence-electron chi connectivity index (χ1n) is 16.0. The van der Waals surface area contributed by atoms with E-state index in [4.69, 9.17) is 9.26 Å². The zero-order valence-electron chi connectivity index (χ0n) is 26.6. The molecule has 13 heteroatoms. The summed E-state index contributed by atoms with van der Waals surface area (Å²) < 4.78 is 25.3. The molecule has 12 nitrogen and oxygen atoms in total. The fraction of sp³-hybridized carbons (Fsp3) is 0.500. The lowest BCUT2D eigenvalue weighted by Gasteiger charge is -2.29. The van der Waals surface area contributed by atoms with Gasteiger partial charge in [0.2, 0.25) is 11.8 Å². The van der Waals surface area contributed by atoms with Gasteiger partial charge in [0, 0.05) is 24.5 Å². The topological polar surface area (TPSA) is 165 Å². The van der Waals surface area contributed by atoms with E-state index in [1.807, 2.05) is 12.2 Å². The van der Waals surface area contributed by atoms with Crippen LogP contribution in [0.1, 0.15) is 78.9 Å². The van der Waals surface area contributed by atoms with Gasteiger partial charge in [0.25, 0.3) is 5.91 Å². The highest BCUT2D eigenvalue weighted by molar-refractivity contribution is 5.99. The molecule has 0 spiro atoms. The SMILES string of the molecule is Cc1nc2ccc(F)cc2nc1O[C@@H]1C[C@H]2C(=O)C[C@]3(C(=O)O)C[C@H]3/C=C\CCCCC[C@H](NC(=O)c3noc(C)c3C)C(=O)N2C1. The van der Waals surface area contributed by atoms with Gasteiger partial charge >= 0.3 is 5.97 Å². The Labute approximate surface area is 270 Å². The van der Waals surface area contributed by atoms with E-state index in [-0.39, 0.29) is 42.7 Å². The number of halogens is 1. The third kappa shape index (κ3) is 6.48. The lowest BCUT2D eigenvalue weighted by atomic mass is 9.92. The van der Waals surface area contributed by atoms with Crippen LogP contribution < -0.4 is 10.1 Å². The first-order chi connectivity index (χ1) is 22.5. The molecule has 248 valence electrons. The molecule has 0 bridgehead atoms. The Morgan fingerprint density at radius 3 is 2.68 bits per heavy atom. The Morgan fingerprint density at radius 2 is 1.94 bits per heavy atom. The van der Waals surface area contributed by atoms with Crippen molar-refractivity contribution in [3.63, 3.8) is 0 Å². The summed E-state index contributed by atoms with van der Waals surface area (Å²) in [7, 11) is 0.